The van der Waals surface area contributed by atoms with Crippen molar-refractivity contribution in [2.24, 2.45) is 0 Å². The first kappa shape index (κ1) is 11.9. The van der Waals surface area contributed by atoms with E-state index < -0.39 is 5.97 Å². The molecule has 1 N–H and O–H groups in total. The van der Waals surface area contributed by atoms with Gasteiger partial charge in [0.1, 0.15) is 0 Å². The fourth-order valence-corrected chi connectivity index (χ4v) is 1.12. The average Bonchev–Trinajstić information content (AvgIpc) is 2.27. The molecule has 3 nitrogen and oxygen atoms in total. The molecule has 0 bridgehead atoms. The van der Waals surface area contributed by atoms with Crippen molar-refractivity contribution in [3.05, 3.63) is 42.1 Å². The number of anilines is 1. The molecule has 0 aliphatic rings. The Balaban J connectivity index is 2.52. The average molecular weight is 215 g/mol. The van der Waals surface area contributed by atoms with Gasteiger partial charge in [0.25, 0.3) is 0 Å². The molecule has 3 heteroatoms. The molecule has 0 saturated heterocycles. The first-order valence-electron chi connectivity index (χ1n) is 4.83. The van der Waals surface area contributed by atoms with Crippen molar-refractivity contribution in [1.29, 1.82) is 0 Å². The van der Waals surface area contributed by atoms with E-state index in [2.05, 4.69) is 11.2 Å². The summed E-state index contributed by atoms with van der Waals surface area (Å²) in [5.74, 6) is 1.78. The molecule has 16 heavy (non-hydrogen) atoms. The molecule has 0 amide bonds. The summed E-state index contributed by atoms with van der Waals surface area (Å²) in [5, 5.41) is 3.06. The van der Waals surface area contributed by atoms with E-state index in [-0.39, 0.29) is 6.61 Å². The van der Waals surface area contributed by atoms with Gasteiger partial charge in [-0.3, -0.25) is 0 Å². The topological polar surface area (TPSA) is 38.3 Å². The zero-order valence-electron chi connectivity index (χ0n) is 9.07. The maximum atomic E-state index is 11.2. The number of carbonyl (C=O) groups is 1. The lowest BCUT2D eigenvalue weighted by Crippen LogP contribution is -2.04. The van der Waals surface area contributed by atoms with Crippen LogP contribution in [-0.4, -0.2) is 12.6 Å². The van der Waals surface area contributed by atoms with Crippen LogP contribution in [0.5, 0.6) is 0 Å². The number of benzene rings is 1. The normalized spacial score (nSPS) is 10.4. The van der Waals surface area contributed by atoms with E-state index in [1.807, 2.05) is 30.3 Å². The summed E-state index contributed by atoms with van der Waals surface area (Å²) in [6.45, 7) is 1.78. The minimum Gasteiger partial charge on any atom is -0.449 e. The van der Waals surface area contributed by atoms with Gasteiger partial charge in [0, 0.05) is 17.5 Å². The van der Waals surface area contributed by atoms with Crippen LogP contribution in [0.3, 0.4) is 0 Å². The molecule has 0 fully saturated rings. The van der Waals surface area contributed by atoms with E-state index in [0.717, 1.165) is 5.69 Å². The number of ether oxygens (including phenoxy) is 1. The van der Waals surface area contributed by atoms with Crippen molar-refractivity contribution in [2.75, 3.05) is 11.9 Å². The van der Waals surface area contributed by atoms with Crippen LogP contribution in [0.25, 0.3) is 0 Å². The Bertz CT molecular complexity index is 415. The molecular weight excluding hydrogens is 202 g/mol. The monoisotopic (exact) mass is 215 g/mol. The number of hydrogen-bond donors (Lipinski definition) is 1. The number of hydrogen-bond acceptors (Lipinski definition) is 3. The van der Waals surface area contributed by atoms with Gasteiger partial charge in [0.2, 0.25) is 0 Å². The summed E-state index contributed by atoms with van der Waals surface area (Å²) in [6.07, 6.45) is 6.33. The molecule has 82 valence electrons. The third kappa shape index (κ3) is 4.34. The van der Waals surface area contributed by atoms with Gasteiger partial charge in [-0.05, 0) is 19.1 Å². The number of rotatable bonds is 4. The molecule has 1 aromatic rings. The minimum absolute atomic E-state index is 0.00600. The van der Waals surface area contributed by atoms with E-state index in [1.54, 1.807) is 6.92 Å². The van der Waals surface area contributed by atoms with Crippen LogP contribution in [0.15, 0.2) is 42.1 Å². The maximum Gasteiger partial charge on any atom is 0.333 e. The first-order valence-corrected chi connectivity index (χ1v) is 4.83. The van der Waals surface area contributed by atoms with Crippen molar-refractivity contribution < 1.29 is 9.53 Å². The van der Waals surface area contributed by atoms with Gasteiger partial charge >= 0.3 is 5.97 Å². The number of para-hydroxylation sites is 1. The lowest BCUT2D eigenvalue weighted by Gasteiger charge is -2.05. The Hall–Kier alpha value is -2.21. The Morgan fingerprint density at radius 3 is 2.81 bits per heavy atom. The smallest absolute Gasteiger partial charge is 0.333 e. The van der Waals surface area contributed by atoms with E-state index in [0.29, 0.717) is 5.70 Å². The quantitative estimate of drug-likeness (QED) is 0.475. The molecule has 1 aromatic carbocycles. The summed E-state index contributed by atoms with van der Waals surface area (Å²) in [7, 11) is 0. The fraction of sp³-hybridized carbons (Fsp3) is 0.154. The lowest BCUT2D eigenvalue weighted by atomic mass is 10.3. The molecule has 0 unspecified atom stereocenters. The summed E-state index contributed by atoms with van der Waals surface area (Å²) >= 11 is 0. The van der Waals surface area contributed by atoms with Gasteiger partial charge in [0.15, 0.2) is 6.61 Å². The second-order valence-electron chi connectivity index (χ2n) is 3.13. The zero-order chi connectivity index (χ0) is 11.8. The third-order valence-electron chi connectivity index (χ3n) is 1.75. The van der Waals surface area contributed by atoms with Crippen LogP contribution in [0.2, 0.25) is 0 Å². The summed E-state index contributed by atoms with van der Waals surface area (Å²) in [4.78, 5) is 11.2. The highest BCUT2D eigenvalue weighted by Crippen LogP contribution is 2.08. The third-order valence-corrected chi connectivity index (χ3v) is 1.75. The second kappa shape index (κ2) is 6.31. The molecule has 0 saturated carbocycles. The molecule has 1 rings (SSSR count). The Morgan fingerprint density at radius 1 is 1.50 bits per heavy atom. The predicted octanol–water partition coefficient (Wildman–Crippen LogP) is 2.18. The van der Waals surface area contributed by atoms with Crippen molar-refractivity contribution in [3.8, 4) is 12.3 Å². The van der Waals surface area contributed by atoms with Crippen molar-refractivity contribution in [2.45, 2.75) is 6.92 Å². The highest BCUT2D eigenvalue weighted by Gasteiger charge is 1.98. The maximum absolute atomic E-state index is 11.2. The van der Waals surface area contributed by atoms with Gasteiger partial charge in [-0.1, -0.05) is 24.1 Å². The summed E-state index contributed by atoms with van der Waals surface area (Å²) < 4.78 is 4.71. The Labute approximate surface area is 95.1 Å². The lowest BCUT2D eigenvalue weighted by molar-refractivity contribution is -0.136. The van der Waals surface area contributed by atoms with Gasteiger partial charge in [-0.2, -0.15) is 0 Å². The van der Waals surface area contributed by atoms with Crippen LogP contribution in [0, 0.1) is 12.3 Å². The van der Waals surface area contributed by atoms with Crippen molar-refractivity contribution in [3.63, 3.8) is 0 Å². The Morgan fingerprint density at radius 2 is 2.19 bits per heavy atom. The van der Waals surface area contributed by atoms with Crippen molar-refractivity contribution >= 4 is 11.7 Å². The molecular formula is C13H13NO2. The second-order valence-corrected chi connectivity index (χ2v) is 3.13. The SMILES string of the molecule is C#CCOC(=O)/C=C(/C)Nc1ccccc1. The molecule has 0 radical (unpaired) electrons. The van der Waals surface area contributed by atoms with Gasteiger partial charge < -0.3 is 10.1 Å². The number of carbonyl (C=O) groups excluding carboxylic acids is 1. The molecule has 0 atom stereocenters. The van der Waals surface area contributed by atoms with Crippen LogP contribution in [0.1, 0.15) is 6.92 Å². The first-order chi connectivity index (χ1) is 7.72. The van der Waals surface area contributed by atoms with Gasteiger partial charge in [-0.15, -0.1) is 6.42 Å². The number of nitrogens with one attached hydrogen (secondary N) is 1. The molecule has 0 aromatic heterocycles. The fourth-order valence-electron chi connectivity index (χ4n) is 1.12. The summed E-state index contributed by atoms with van der Waals surface area (Å²) in [6, 6.07) is 9.55. The van der Waals surface area contributed by atoms with E-state index in [4.69, 9.17) is 11.2 Å². The number of terminal acetylenes is 1. The van der Waals surface area contributed by atoms with Gasteiger partial charge in [0.05, 0.1) is 0 Å². The molecule has 0 heterocycles. The largest absolute Gasteiger partial charge is 0.449 e. The zero-order valence-corrected chi connectivity index (χ0v) is 9.07. The number of esters is 1. The van der Waals surface area contributed by atoms with Crippen LogP contribution < -0.4 is 5.32 Å². The van der Waals surface area contributed by atoms with E-state index in [1.165, 1.54) is 6.08 Å². The van der Waals surface area contributed by atoms with E-state index in [9.17, 15) is 4.79 Å². The Kier molecular flexibility index (Phi) is 4.68. The highest BCUT2D eigenvalue weighted by atomic mass is 16.5. The molecule has 0 aliphatic heterocycles. The standard InChI is InChI=1S/C13H13NO2/c1-3-9-16-13(15)10-11(2)14-12-7-5-4-6-8-12/h1,4-8,10,14H,9H2,2H3/b11-10-. The summed E-state index contributed by atoms with van der Waals surface area (Å²) in [5.41, 5.74) is 1.62. The minimum atomic E-state index is -0.445. The van der Waals surface area contributed by atoms with Crippen LogP contribution in [-0.2, 0) is 9.53 Å². The van der Waals surface area contributed by atoms with Crippen LogP contribution >= 0.6 is 0 Å². The van der Waals surface area contributed by atoms with Crippen molar-refractivity contribution in [1.82, 2.24) is 0 Å². The molecule has 0 aliphatic carbocycles. The van der Waals surface area contributed by atoms with Gasteiger partial charge in [-0.25, -0.2) is 4.79 Å². The van der Waals surface area contributed by atoms with E-state index >= 15 is 0 Å². The number of allylic oxidation sites excluding steroid dienone is 1. The highest BCUT2D eigenvalue weighted by molar-refractivity contribution is 5.83. The molecule has 0 spiro atoms. The predicted molar refractivity (Wildman–Crippen MR) is 63.6 cm³/mol. The van der Waals surface area contributed by atoms with Crippen LogP contribution in [0.4, 0.5) is 5.69 Å².